The smallest absolute Gasteiger partial charge is 0.195 e. The van der Waals surface area contributed by atoms with Crippen LogP contribution in [-0.4, -0.2) is 23.9 Å². The second-order valence-electron chi connectivity index (χ2n) is 7.25. The average molecular weight is 410 g/mol. The molecule has 0 N–H and O–H groups in total. The third-order valence-corrected chi connectivity index (χ3v) is 3.42. The fourth-order valence-corrected chi connectivity index (χ4v) is 1.88. The molecule has 158 valence electrons. The van der Waals surface area contributed by atoms with E-state index in [2.05, 4.69) is 11.8 Å². The molecule has 0 rings (SSSR count). The van der Waals surface area contributed by atoms with E-state index in [9.17, 15) is 39.5 Å². The maximum absolute atomic E-state index is 13.8. The first-order valence-corrected chi connectivity index (χ1v) is 8.34. The Morgan fingerprint density at radius 3 is 1.70 bits per heavy atom. The second-order valence-corrected chi connectivity index (χ2v) is 7.25. The molecule has 0 saturated carbocycles. The lowest BCUT2D eigenvalue weighted by Gasteiger charge is -2.32. The highest BCUT2D eigenvalue weighted by Crippen LogP contribution is 2.53. The Morgan fingerprint density at radius 1 is 0.778 bits per heavy atom. The molecule has 0 nitrogen and oxygen atoms in total. The van der Waals surface area contributed by atoms with Crippen LogP contribution < -0.4 is 0 Å². The summed E-state index contributed by atoms with van der Waals surface area (Å²) in [5.41, 5.74) is -1.31. The van der Waals surface area contributed by atoms with E-state index in [0.29, 0.717) is 6.42 Å². The maximum atomic E-state index is 13.8. The first-order valence-electron chi connectivity index (χ1n) is 8.34. The van der Waals surface area contributed by atoms with Gasteiger partial charge in [0.2, 0.25) is 0 Å². The lowest BCUT2D eigenvalue weighted by atomic mass is 9.95. The first-order chi connectivity index (χ1) is 11.9. The Kier molecular flexibility index (Phi) is 8.35. The molecule has 0 aliphatic carbocycles. The predicted molar refractivity (Wildman–Crippen MR) is 85.0 cm³/mol. The summed E-state index contributed by atoms with van der Waals surface area (Å²) in [6, 6.07) is 0. The van der Waals surface area contributed by atoms with Crippen molar-refractivity contribution in [1.82, 2.24) is 0 Å². The molecule has 0 aromatic rings. The van der Waals surface area contributed by atoms with Gasteiger partial charge in [-0.1, -0.05) is 38.0 Å². The van der Waals surface area contributed by atoms with Crippen molar-refractivity contribution in [2.45, 2.75) is 83.7 Å². The van der Waals surface area contributed by atoms with Crippen molar-refractivity contribution in [3.63, 3.8) is 0 Å². The SMILES string of the molecule is CCCCCC/C(C#CC(C)(C)C)=C/C(F)(F)C(F)(F)C(F)(F)C(F)(F)F. The van der Waals surface area contributed by atoms with E-state index >= 15 is 0 Å². The zero-order valence-corrected chi connectivity index (χ0v) is 15.5. The topological polar surface area (TPSA) is 0 Å². The third kappa shape index (κ3) is 6.96. The lowest BCUT2D eigenvalue weighted by Crippen LogP contribution is -2.60. The van der Waals surface area contributed by atoms with Gasteiger partial charge >= 0.3 is 23.9 Å². The summed E-state index contributed by atoms with van der Waals surface area (Å²) in [5, 5.41) is 0. The highest BCUT2D eigenvalue weighted by atomic mass is 19.4. The van der Waals surface area contributed by atoms with Gasteiger partial charge in [0.15, 0.2) is 0 Å². The Bertz CT molecular complexity index is 566. The van der Waals surface area contributed by atoms with E-state index in [0.717, 1.165) is 12.8 Å². The number of hydrogen-bond acceptors (Lipinski definition) is 0. The molecule has 0 fully saturated rings. The van der Waals surface area contributed by atoms with Gasteiger partial charge in [-0.05, 0) is 33.6 Å². The molecule has 0 heterocycles. The predicted octanol–water partition coefficient (Wildman–Crippen LogP) is 7.40. The number of allylic oxidation sites excluding steroid dienone is 2. The zero-order chi connectivity index (χ0) is 21.7. The summed E-state index contributed by atoms with van der Waals surface area (Å²) in [7, 11) is 0. The van der Waals surface area contributed by atoms with E-state index in [4.69, 9.17) is 0 Å². The molecule has 0 aromatic carbocycles. The summed E-state index contributed by atoms with van der Waals surface area (Å²) >= 11 is 0. The van der Waals surface area contributed by atoms with Gasteiger partial charge in [0, 0.05) is 17.1 Å². The van der Waals surface area contributed by atoms with Crippen molar-refractivity contribution in [3.05, 3.63) is 11.6 Å². The van der Waals surface area contributed by atoms with Crippen molar-refractivity contribution >= 4 is 0 Å². The molecule has 0 atom stereocenters. The first kappa shape index (κ1) is 25.7. The number of rotatable bonds is 8. The van der Waals surface area contributed by atoms with E-state index in [1.54, 1.807) is 20.8 Å². The van der Waals surface area contributed by atoms with Gasteiger partial charge in [0.25, 0.3) is 0 Å². The summed E-state index contributed by atoms with van der Waals surface area (Å²) in [6.07, 6.45) is -5.30. The van der Waals surface area contributed by atoms with Crippen LogP contribution in [0.3, 0.4) is 0 Å². The van der Waals surface area contributed by atoms with Crippen LogP contribution in [0.1, 0.15) is 59.8 Å². The third-order valence-electron chi connectivity index (χ3n) is 3.42. The molecule has 27 heavy (non-hydrogen) atoms. The van der Waals surface area contributed by atoms with Gasteiger partial charge in [-0.3, -0.25) is 0 Å². The van der Waals surface area contributed by atoms with Gasteiger partial charge in [0.05, 0.1) is 0 Å². The largest absolute Gasteiger partial charge is 0.460 e. The molecule has 0 radical (unpaired) electrons. The lowest BCUT2D eigenvalue weighted by molar-refractivity contribution is -0.388. The second kappa shape index (κ2) is 8.78. The van der Waals surface area contributed by atoms with Crippen LogP contribution in [0.5, 0.6) is 0 Å². The van der Waals surface area contributed by atoms with E-state index in [1.807, 2.05) is 6.92 Å². The molecule has 0 aromatic heterocycles. The van der Waals surface area contributed by atoms with Gasteiger partial charge in [-0.2, -0.15) is 39.5 Å². The van der Waals surface area contributed by atoms with Gasteiger partial charge in [0.1, 0.15) is 0 Å². The van der Waals surface area contributed by atoms with Crippen LogP contribution in [0, 0.1) is 17.3 Å². The molecule has 0 amide bonds. The van der Waals surface area contributed by atoms with Crippen LogP contribution in [-0.2, 0) is 0 Å². The Morgan fingerprint density at radius 2 is 1.30 bits per heavy atom. The normalized spacial score (nSPS) is 14.8. The Hall–Kier alpha value is -1.33. The van der Waals surface area contributed by atoms with Crippen molar-refractivity contribution in [1.29, 1.82) is 0 Å². The van der Waals surface area contributed by atoms with E-state index in [-0.39, 0.29) is 12.8 Å². The number of unbranched alkanes of at least 4 members (excludes halogenated alkanes) is 3. The quantitative estimate of drug-likeness (QED) is 0.222. The minimum Gasteiger partial charge on any atom is -0.195 e. The highest BCUT2D eigenvalue weighted by molar-refractivity contribution is 5.33. The summed E-state index contributed by atoms with van der Waals surface area (Å²) < 4.78 is 117. The van der Waals surface area contributed by atoms with Gasteiger partial charge in [-0.25, -0.2) is 0 Å². The van der Waals surface area contributed by atoms with Gasteiger partial charge in [-0.15, -0.1) is 0 Å². The van der Waals surface area contributed by atoms with Crippen molar-refractivity contribution < 1.29 is 39.5 Å². The van der Waals surface area contributed by atoms with Crippen molar-refractivity contribution in [2.75, 3.05) is 0 Å². The Labute approximate surface area is 153 Å². The summed E-state index contributed by atoms with van der Waals surface area (Å²) in [4.78, 5) is 0. The zero-order valence-electron chi connectivity index (χ0n) is 15.5. The van der Waals surface area contributed by atoms with Crippen molar-refractivity contribution in [3.8, 4) is 11.8 Å². The van der Waals surface area contributed by atoms with Gasteiger partial charge < -0.3 is 0 Å². The highest BCUT2D eigenvalue weighted by Gasteiger charge is 2.81. The number of hydrogen-bond donors (Lipinski definition) is 0. The molecule has 0 unspecified atom stereocenters. The minimum absolute atomic E-state index is 0.230. The molecular formula is C18H23F9. The number of halogens is 9. The molecule has 9 heteroatoms. The summed E-state index contributed by atoms with van der Waals surface area (Å²) in [6.45, 7) is 6.65. The number of alkyl halides is 9. The molecule has 0 saturated heterocycles. The van der Waals surface area contributed by atoms with Crippen LogP contribution >= 0.6 is 0 Å². The maximum Gasteiger partial charge on any atom is 0.460 e. The van der Waals surface area contributed by atoms with Crippen LogP contribution in [0.15, 0.2) is 11.6 Å². The van der Waals surface area contributed by atoms with Crippen molar-refractivity contribution in [2.24, 2.45) is 5.41 Å². The Balaban J connectivity index is 5.94. The standard InChI is InChI=1S/C18H23F9/c1-5-6-7-8-9-13(10-11-14(2,3)4)12-15(19,20)16(21,22)17(23,24)18(25,26)27/h12H,5-9H2,1-4H3/b13-12-. The van der Waals surface area contributed by atoms with Crippen LogP contribution in [0.2, 0.25) is 0 Å². The molecule has 0 spiro atoms. The molecule has 0 aliphatic heterocycles. The van der Waals surface area contributed by atoms with Crippen LogP contribution in [0.25, 0.3) is 0 Å². The average Bonchev–Trinajstić information content (AvgIpc) is 2.46. The fourth-order valence-electron chi connectivity index (χ4n) is 1.88. The van der Waals surface area contributed by atoms with Crippen LogP contribution in [0.4, 0.5) is 39.5 Å². The van der Waals surface area contributed by atoms with E-state index < -0.39 is 41.0 Å². The minimum atomic E-state index is -6.90. The molecule has 0 bridgehead atoms. The van der Waals surface area contributed by atoms with E-state index in [1.165, 1.54) is 0 Å². The molecule has 0 aliphatic rings. The monoisotopic (exact) mass is 410 g/mol. The summed E-state index contributed by atoms with van der Waals surface area (Å²) in [5.74, 6) is -14.6. The molecular weight excluding hydrogens is 387 g/mol. The fraction of sp³-hybridized carbons (Fsp3) is 0.778.